The maximum absolute atomic E-state index is 11.9. The Bertz CT molecular complexity index is 557. The summed E-state index contributed by atoms with van der Waals surface area (Å²) in [5.74, 6) is 0. The summed E-state index contributed by atoms with van der Waals surface area (Å²) in [6.07, 6.45) is -0.833. The Balaban J connectivity index is 2.51. The van der Waals surface area contributed by atoms with E-state index in [2.05, 4.69) is 10.6 Å². The summed E-state index contributed by atoms with van der Waals surface area (Å²) in [6, 6.07) is 8.63. The van der Waals surface area contributed by atoms with Crippen LogP contribution >= 0.6 is 0 Å². The van der Waals surface area contributed by atoms with Crippen LogP contribution in [0.15, 0.2) is 30.3 Å². The van der Waals surface area contributed by atoms with E-state index in [1.807, 2.05) is 37.3 Å². The predicted octanol–water partition coefficient (Wildman–Crippen LogP) is 2.97. The standard InChI is InChI=1S/C19H30N2O5/c1-5-9-16(22)15(21-18(24)26-19(2,3)4)12-20-17(23)25-13-14-10-7-6-8-11-14/h6-8,10-11,15-16,22H,5,9,12-13H2,1-4H3,(H,20,23)(H,21,24)/t15-,16-/m1/s1. The molecule has 0 aliphatic carbocycles. The van der Waals surface area contributed by atoms with E-state index in [9.17, 15) is 14.7 Å². The Labute approximate surface area is 155 Å². The highest BCUT2D eigenvalue weighted by Gasteiger charge is 2.24. The molecule has 7 nitrogen and oxygen atoms in total. The first-order chi connectivity index (χ1) is 12.2. The van der Waals surface area contributed by atoms with Crippen molar-refractivity contribution in [3.8, 4) is 0 Å². The maximum atomic E-state index is 11.9. The molecular weight excluding hydrogens is 336 g/mol. The fourth-order valence-electron chi connectivity index (χ4n) is 2.21. The van der Waals surface area contributed by atoms with E-state index >= 15 is 0 Å². The van der Waals surface area contributed by atoms with Crippen molar-refractivity contribution in [3.05, 3.63) is 35.9 Å². The number of hydrogen-bond acceptors (Lipinski definition) is 5. The average molecular weight is 366 g/mol. The van der Waals surface area contributed by atoms with Crippen LogP contribution in [0, 0.1) is 0 Å². The summed E-state index contributed by atoms with van der Waals surface area (Å²) < 4.78 is 10.3. The minimum absolute atomic E-state index is 0.0357. The quantitative estimate of drug-likeness (QED) is 0.657. The molecule has 3 N–H and O–H groups in total. The first-order valence-corrected chi connectivity index (χ1v) is 8.83. The van der Waals surface area contributed by atoms with Gasteiger partial charge in [-0.2, -0.15) is 0 Å². The van der Waals surface area contributed by atoms with Crippen molar-refractivity contribution in [1.29, 1.82) is 0 Å². The fourth-order valence-corrected chi connectivity index (χ4v) is 2.21. The number of carbonyl (C=O) groups is 2. The van der Waals surface area contributed by atoms with Crippen LogP contribution in [-0.2, 0) is 16.1 Å². The summed E-state index contributed by atoms with van der Waals surface area (Å²) in [5.41, 5.74) is 0.226. The molecule has 0 spiro atoms. The molecule has 7 heteroatoms. The van der Waals surface area contributed by atoms with Crippen molar-refractivity contribution in [2.45, 2.75) is 64.9 Å². The highest BCUT2D eigenvalue weighted by molar-refractivity contribution is 5.69. The van der Waals surface area contributed by atoms with E-state index in [1.165, 1.54) is 0 Å². The van der Waals surface area contributed by atoms with Crippen molar-refractivity contribution in [2.75, 3.05) is 6.54 Å². The van der Waals surface area contributed by atoms with Gasteiger partial charge in [0.1, 0.15) is 12.2 Å². The van der Waals surface area contributed by atoms with Crippen molar-refractivity contribution < 1.29 is 24.2 Å². The van der Waals surface area contributed by atoms with E-state index in [0.29, 0.717) is 6.42 Å². The first-order valence-electron chi connectivity index (χ1n) is 8.83. The zero-order valence-corrected chi connectivity index (χ0v) is 16.0. The van der Waals surface area contributed by atoms with E-state index in [1.54, 1.807) is 20.8 Å². The van der Waals surface area contributed by atoms with Crippen molar-refractivity contribution in [1.82, 2.24) is 10.6 Å². The van der Waals surface area contributed by atoms with Crippen LogP contribution in [0.25, 0.3) is 0 Å². The summed E-state index contributed by atoms with van der Waals surface area (Å²) in [5, 5.41) is 15.4. The van der Waals surface area contributed by atoms with Crippen LogP contribution in [0.5, 0.6) is 0 Å². The van der Waals surface area contributed by atoms with Crippen LogP contribution in [0.3, 0.4) is 0 Å². The highest BCUT2D eigenvalue weighted by atomic mass is 16.6. The van der Waals surface area contributed by atoms with E-state index in [4.69, 9.17) is 9.47 Å². The topological polar surface area (TPSA) is 96.9 Å². The van der Waals surface area contributed by atoms with Gasteiger partial charge in [0.2, 0.25) is 0 Å². The third-order valence-electron chi connectivity index (χ3n) is 3.43. The normalized spacial score (nSPS) is 13.4. The molecule has 2 amide bonds. The maximum Gasteiger partial charge on any atom is 0.408 e. The summed E-state index contributed by atoms with van der Waals surface area (Å²) in [7, 11) is 0. The molecule has 26 heavy (non-hydrogen) atoms. The molecule has 0 aliphatic rings. The number of hydrogen-bond donors (Lipinski definition) is 3. The smallest absolute Gasteiger partial charge is 0.408 e. The lowest BCUT2D eigenvalue weighted by Crippen LogP contribution is -2.51. The number of benzene rings is 1. The Morgan fingerprint density at radius 2 is 1.81 bits per heavy atom. The van der Waals surface area contributed by atoms with Gasteiger partial charge in [0.25, 0.3) is 0 Å². The molecule has 1 aromatic rings. The Morgan fingerprint density at radius 1 is 1.15 bits per heavy atom. The number of aliphatic hydroxyl groups excluding tert-OH is 1. The molecule has 0 heterocycles. The SMILES string of the molecule is CCC[C@@H](O)[C@@H](CNC(=O)OCc1ccccc1)NC(=O)OC(C)(C)C. The van der Waals surface area contributed by atoms with Crippen molar-refractivity contribution >= 4 is 12.2 Å². The lowest BCUT2D eigenvalue weighted by atomic mass is 10.1. The van der Waals surface area contributed by atoms with Crippen molar-refractivity contribution in [3.63, 3.8) is 0 Å². The summed E-state index contributed by atoms with van der Waals surface area (Å²) in [6.45, 7) is 7.37. The van der Waals surface area contributed by atoms with Gasteiger partial charge in [-0.1, -0.05) is 43.7 Å². The molecule has 1 rings (SSSR count). The molecule has 0 fully saturated rings. The minimum atomic E-state index is -0.804. The van der Waals surface area contributed by atoms with E-state index in [0.717, 1.165) is 12.0 Å². The number of rotatable bonds is 8. The van der Waals surface area contributed by atoms with Crippen LogP contribution in [0.4, 0.5) is 9.59 Å². The van der Waals surface area contributed by atoms with Gasteiger partial charge < -0.3 is 25.2 Å². The fraction of sp³-hybridized carbons (Fsp3) is 0.579. The number of carbonyl (C=O) groups excluding carboxylic acids is 2. The lowest BCUT2D eigenvalue weighted by Gasteiger charge is -2.26. The van der Waals surface area contributed by atoms with Gasteiger partial charge in [-0.3, -0.25) is 0 Å². The number of amides is 2. The third-order valence-corrected chi connectivity index (χ3v) is 3.43. The summed E-state index contributed by atoms with van der Waals surface area (Å²) >= 11 is 0. The number of ether oxygens (including phenoxy) is 2. The molecule has 0 unspecified atom stereocenters. The molecule has 1 aromatic carbocycles. The molecule has 0 radical (unpaired) electrons. The molecule has 146 valence electrons. The van der Waals surface area contributed by atoms with Crippen LogP contribution in [-0.4, -0.2) is 41.6 Å². The Kier molecular flexibility index (Phi) is 8.92. The molecule has 2 atom stereocenters. The second kappa shape index (κ2) is 10.7. The minimum Gasteiger partial charge on any atom is -0.445 e. The van der Waals surface area contributed by atoms with Gasteiger partial charge in [0.15, 0.2) is 0 Å². The summed E-state index contributed by atoms with van der Waals surface area (Å²) in [4.78, 5) is 23.8. The highest BCUT2D eigenvalue weighted by Crippen LogP contribution is 2.08. The number of nitrogens with one attached hydrogen (secondary N) is 2. The predicted molar refractivity (Wildman–Crippen MR) is 98.7 cm³/mol. The van der Waals surface area contributed by atoms with Crippen LogP contribution in [0.1, 0.15) is 46.1 Å². The van der Waals surface area contributed by atoms with Crippen LogP contribution in [0.2, 0.25) is 0 Å². The molecule has 0 saturated heterocycles. The first kappa shape index (κ1) is 21.8. The third kappa shape index (κ3) is 9.27. The largest absolute Gasteiger partial charge is 0.445 e. The number of alkyl carbamates (subject to hydrolysis) is 2. The van der Waals surface area contributed by atoms with Gasteiger partial charge >= 0.3 is 12.2 Å². The Morgan fingerprint density at radius 3 is 2.38 bits per heavy atom. The molecule has 0 bridgehead atoms. The second-order valence-electron chi connectivity index (χ2n) is 7.05. The zero-order chi connectivity index (χ0) is 19.6. The zero-order valence-electron chi connectivity index (χ0n) is 16.0. The van der Waals surface area contributed by atoms with Gasteiger partial charge in [-0.05, 0) is 32.8 Å². The van der Waals surface area contributed by atoms with Crippen molar-refractivity contribution in [2.24, 2.45) is 0 Å². The molecular formula is C19H30N2O5. The van der Waals surface area contributed by atoms with Gasteiger partial charge in [-0.15, -0.1) is 0 Å². The molecule has 0 aromatic heterocycles. The van der Waals surface area contributed by atoms with Gasteiger partial charge in [0, 0.05) is 6.54 Å². The molecule has 0 aliphatic heterocycles. The lowest BCUT2D eigenvalue weighted by molar-refractivity contribution is 0.0409. The van der Waals surface area contributed by atoms with Crippen LogP contribution < -0.4 is 10.6 Å². The van der Waals surface area contributed by atoms with E-state index < -0.39 is 29.9 Å². The monoisotopic (exact) mass is 366 g/mol. The van der Waals surface area contributed by atoms with E-state index in [-0.39, 0.29) is 13.2 Å². The molecule has 0 saturated carbocycles. The number of aliphatic hydroxyl groups is 1. The average Bonchev–Trinajstić information content (AvgIpc) is 2.56. The second-order valence-corrected chi connectivity index (χ2v) is 7.05. The van der Waals surface area contributed by atoms with Gasteiger partial charge in [0.05, 0.1) is 12.1 Å². The van der Waals surface area contributed by atoms with Gasteiger partial charge in [-0.25, -0.2) is 9.59 Å². The Hall–Kier alpha value is -2.28.